The summed E-state index contributed by atoms with van der Waals surface area (Å²) in [5, 5.41) is 10.4. The molecule has 4 nitrogen and oxygen atoms in total. The van der Waals surface area contributed by atoms with E-state index in [0.29, 0.717) is 19.4 Å². The lowest BCUT2D eigenvalue weighted by molar-refractivity contribution is -0.140. The summed E-state index contributed by atoms with van der Waals surface area (Å²) in [5.41, 5.74) is 1.85. The van der Waals surface area contributed by atoms with Crippen LogP contribution in [0.15, 0.2) is 54.6 Å². The van der Waals surface area contributed by atoms with Crippen molar-refractivity contribution in [2.24, 2.45) is 0 Å². The molecule has 4 heteroatoms. The Morgan fingerprint density at radius 1 is 1.16 bits per heavy atom. The summed E-state index contributed by atoms with van der Waals surface area (Å²) in [6, 6.07) is 16.7. The second-order valence-corrected chi connectivity index (χ2v) is 6.06. The van der Waals surface area contributed by atoms with Crippen molar-refractivity contribution in [1.29, 1.82) is 0 Å². The predicted molar refractivity (Wildman–Crippen MR) is 95.9 cm³/mol. The van der Waals surface area contributed by atoms with Crippen molar-refractivity contribution >= 4 is 5.91 Å². The maximum Gasteiger partial charge on any atom is 0.224 e. The molecule has 1 aliphatic heterocycles. The molecule has 0 spiro atoms. The van der Waals surface area contributed by atoms with E-state index in [1.54, 1.807) is 12.0 Å². The quantitative estimate of drug-likeness (QED) is 0.877. The van der Waals surface area contributed by atoms with E-state index in [9.17, 15) is 9.90 Å². The summed E-state index contributed by atoms with van der Waals surface area (Å²) in [6.07, 6.45) is 0.166. The number of carbonyl (C=O) groups is 1. The smallest absolute Gasteiger partial charge is 0.224 e. The molecule has 0 aromatic heterocycles. The van der Waals surface area contributed by atoms with Crippen molar-refractivity contribution in [2.45, 2.75) is 31.5 Å². The van der Waals surface area contributed by atoms with Crippen LogP contribution in [0.4, 0.5) is 0 Å². The van der Waals surface area contributed by atoms with Gasteiger partial charge in [0.1, 0.15) is 11.8 Å². The molecule has 2 aromatic rings. The topological polar surface area (TPSA) is 49.8 Å². The van der Waals surface area contributed by atoms with Gasteiger partial charge in [-0.1, -0.05) is 42.2 Å². The summed E-state index contributed by atoms with van der Waals surface area (Å²) < 4.78 is 5.16. The molecular weight excluding hydrogens is 314 g/mol. The van der Waals surface area contributed by atoms with Crippen LogP contribution in [-0.4, -0.2) is 35.2 Å². The van der Waals surface area contributed by atoms with Gasteiger partial charge in [-0.2, -0.15) is 0 Å². The van der Waals surface area contributed by atoms with E-state index >= 15 is 0 Å². The molecule has 0 aliphatic carbocycles. The number of nitrogens with zero attached hydrogens (tertiary/aromatic N) is 1. The van der Waals surface area contributed by atoms with Crippen molar-refractivity contribution in [3.05, 3.63) is 65.7 Å². The fourth-order valence-corrected chi connectivity index (χ4v) is 2.90. The number of rotatable bonds is 3. The Balaban J connectivity index is 1.82. The molecule has 1 saturated heterocycles. The molecule has 25 heavy (non-hydrogen) atoms. The number of methoxy groups -OCH3 is 1. The van der Waals surface area contributed by atoms with E-state index in [2.05, 4.69) is 11.8 Å². The Hall–Kier alpha value is -2.77. The Morgan fingerprint density at radius 3 is 2.56 bits per heavy atom. The van der Waals surface area contributed by atoms with E-state index in [1.807, 2.05) is 54.6 Å². The zero-order chi connectivity index (χ0) is 17.6. The summed E-state index contributed by atoms with van der Waals surface area (Å²) in [6.45, 7) is 0.425. The maximum atomic E-state index is 12.4. The largest absolute Gasteiger partial charge is 0.497 e. The van der Waals surface area contributed by atoms with Crippen molar-refractivity contribution in [2.75, 3.05) is 7.11 Å². The SMILES string of the molecule is COc1ccc(CN2C(=O)CC[C@H](O)[C@@H]2C#Cc2ccccc2)cc1. The first-order chi connectivity index (χ1) is 12.2. The highest BCUT2D eigenvalue weighted by atomic mass is 16.5. The standard InChI is InChI=1S/C21H21NO3/c1-25-18-10-7-17(8-11-18)15-22-19(20(23)13-14-21(22)24)12-9-16-5-3-2-4-6-16/h2-8,10-11,19-20,23H,13-15H2,1H3/t19-,20-/m0/s1. The predicted octanol–water partition coefficient (Wildman–Crippen LogP) is 2.60. The Labute approximate surface area is 148 Å². The van der Waals surface area contributed by atoms with E-state index in [-0.39, 0.29) is 5.91 Å². The van der Waals surface area contributed by atoms with Crippen LogP contribution in [0, 0.1) is 11.8 Å². The third kappa shape index (κ3) is 4.20. The molecule has 128 valence electrons. The summed E-state index contributed by atoms with van der Waals surface area (Å²) in [5.74, 6) is 6.96. The molecule has 1 heterocycles. The van der Waals surface area contributed by atoms with Crippen LogP contribution in [0.3, 0.4) is 0 Å². The van der Waals surface area contributed by atoms with Crippen molar-refractivity contribution in [3.8, 4) is 17.6 Å². The van der Waals surface area contributed by atoms with Crippen LogP contribution in [0.5, 0.6) is 5.75 Å². The second-order valence-electron chi connectivity index (χ2n) is 6.06. The molecule has 0 radical (unpaired) electrons. The number of carbonyl (C=O) groups excluding carboxylic acids is 1. The molecule has 3 rings (SSSR count). The maximum absolute atomic E-state index is 12.4. The average Bonchev–Trinajstić information content (AvgIpc) is 2.65. The number of hydrogen-bond donors (Lipinski definition) is 1. The monoisotopic (exact) mass is 335 g/mol. The first-order valence-electron chi connectivity index (χ1n) is 8.34. The molecule has 1 N–H and O–H groups in total. The lowest BCUT2D eigenvalue weighted by atomic mass is 9.97. The average molecular weight is 335 g/mol. The lowest BCUT2D eigenvalue weighted by Gasteiger charge is -2.36. The highest BCUT2D eigenvalue weighted by Gasteiger charge is 2.33. The van der Waals surface area contributed by atoms with Crippen molar-refractivity contribution in [3.63, 3.8) is 0 Å². The van der Waals surface area contributed by atoms with Crippen LogP contribution in [-0.2, 0) is 11.3 Å². The number of likely N-dealkylation sites (tertiary alicyclic amines) is 1. The van der Waals surface area contributed by atoms with Crippen LogP contribution >= 0.6 is 0 Å². The summed E-state index contributed by atoms with van der Waals surface area (Å²) in [7, 11) is 1.62. The van der Waals surface area contributed by atoms with Gasteiger partial charge in [-0.25, -0.2) is 0 Å². The van der Waals surface area contributed by atoms with Crippen LogP contribution < -0.4 is 4.74 Å². The Kier molecular flexibility index (Phi) is 5.37. The highest BCUT2D eigenvalue weighted by molar-refractivity contribution is 5.78. The Morgan fingerprint density at radius 2 is 1.88 bits per heavy atom. The van der Waals surface area contributed by atoms with Gasteiger partial charge in [0.2, 0.25) is 5.91 Å². The van der Waals surface area contributed by atoms with E-state index in [1.165, 1.54) is 0 Å². The zero-order valence-corrected chi connectivity index (χ0v) is 14.2. The molecule has 2 aromatic carbocycles. The van der Waals surface area contributed by atoms with Gasteiger partial charge < -0.3 is 14.7 Å². The summed E-state index contributed by atoms with van der Waals surface area (Å²) >= 11 is 0. The minimum absolute atomic E-state index is 0.0217. The van der Waals surface area contributed by atoms with Gasteiger partial charge in [-0.05, 0) is 36.2 Å². The molecule has 1 amide bonds. The van der Waals surface area contributed by atoms with Crippen LogP contribution in [0.1, 0.15) is 24.0 Å². The van der Waals surface area contributed by atoms with Gasteiger partial charge in [0.25, 0.3) is 0 Å². The van der Waals surface area contributed by atoms with Crippen molar-refractivity contribution < 1.29 is 14.6 Å². The zero-order valence-electron chi connectivity index (χ0n) is 14.2. The van der Waals surface area contributed by atoms with Gasteiger partial charge in [0, 0.05) is 18.5 Å². The van der Waals surface area contributed by atoms with Gasteiger partial charge >= 0.3 is 0 Å². The molecule has 0 saturated carbocycles. The molecule has 2 atom stereocenters. The van der Waals surface area contributed by atoms with E-state index < -0.39 is 12.1 Å². The first kappa shape index (κ1) is 17.1. The summed E-state index contributed by atoms with van der Waals surface area (Å²) in [4.78, 5) is 14.1. The Bertz CT molecular complexity index is 774. The fourth-order valence-electron chi connectivity index (χ4n) is 2.90. The number of amides is 1. The van der Waals surface area contributed by atoms with Gasteiger partial charge in [0.15, 0.2) is 0 Å². The number of aliphatic hydroxyl groups excluding tert-OH is 1. The van der Waals surface area contributed by atoms with Gasteiger partial charge in [0.05, 0.1) is 13.2 Å². The van der Waals surface area contributed by atoms with Gasteiger partial charge in [-0.15, -0.1) is 0 Å². The highest BCUT2D eigenvalue weighted by Crippen LogP contribution is 2.22. The third-order valence-corrected chi connectivity index (χ3v) is 4.32. The fraction of sp³-hybridized carbons (Fsp3) is 0.286. The number of piperidine rings is 1. The normalized spacial score (nSPS) is 19.9. The van der Waals surface area contributed by atoms with E-state index in [0.717, 1.165) is 16.9 Å². The second kappa shape index (κ2) is 7.87. The molecule has 0 unspecified atom stereocenters. The number of ether oxygens (including phenoxy) is 1. The molecular formula is C21H21NO3. The van der Waals surface area contributed by atoms with Gasteiger partial charge in [-0.3, -0.25) is 4.79 Å². The number of benzene rings is 2. The molecule has 1 fully saturated rings. The first-order valence-corrected chi connectivity index (χ1v) is 8.34. The molecule has 0 bridgehead atoms. The number of hydrogen-bond acceptors (Lipinski definition) is 3. The van der Waals surface area contributed by atoms with Crippen LogP contribution in [0.2, 0.25) is 0 Å². The number of aliphatic hydroxyl groups is 1. The van der Waals surface area contributed by atoms with Crippen LogP contribution in [0.25, 0.3) is 0 Å². The minimum Gasteiger partial charge on any atom is -0.497 e. The van der Waals surface area contributed by atoms with Crippen molar-refractivity contribution in [1.82, 2.24) is 4.90 Å². The van der Waals surface area contributed by atoms with E-state index in [4.69, 9.17) is 4.74 Å². The minimum atomic E-state index is -0.632. The lowest BCUT2D eigenvalue weighted by Crippen LogP contribution is -2.50. The molecule has 1 aliphatic rings. The third-order valence-electron chi connectivity index (χ3n) is 4.32.